The van der Waals surface area contributed by atoms with Gasteiger partial charge in [-0.3, -0.25) is 9.59 Å². The molecule has 1 aliphatic rings. The van der Waals surface area contributed by atoms with Crippen molar-refractivity contribution < 1.29 is 41.7 Å². The summed E-state index contributed by atoms with van der Waals surface area (Å²) in [5, 5.41) is 13.9. The molecule has 1 aliphatic heterocycles. The molecule has 2 atom stereocenters. The molecule has 2 aromatic heterocycles. The van der Waals surface area contributed by atoms with Crippen molar-refractivity contribution in [3.63, 3.8) is 0 Å². The number of halogens is 4. The Morgan fingerprint density at radius 3 is 2.49 bits per heavy atom. The van der Waals surface area contributed by atoms with Gasteiger partial charge in [-0.15, -0.1) is 0 Å². The molecular weight excluding hydrogens is 572 g/mol. The van der Waals surface area contributed by atoms with Crippen LogP contribution in [0.1, 0.15) is 42.5 Å². The Kier molecular flexibility index (Phi) is 7.33. The van der Waals surface area contributed by atoms with Gasteiger partial charge in [0.25, 0.3) is 5.91 Å². The van der Waals surface area contributed by atoms with Gasteiger partial charge in [-0.25, -0.2) is 9.37 Å². The zero-order chi connectivity index (χ0) is 31.3. The van der Waals surface area contributed by atoms with Crippen LogP contribution in [0.2, 0.25) is 0 Å². The molecule has 9 nitrogen and oxygen atoms in total. The number of aromatic nitrogens is 2. The molecule has 5 N–H and O–H groups in total. The Balaban J connectivity index is 1.53. The average Bonchev–Trinajstić information content (AvgIpc) is 3.52. The lowest BCUT2D eigenvalue weighted by molar-refractivity contribution is -0.265. The largest absolute Gasteiger partial charge is 0.491 e. The number of fused-ring (bicyclic) bond motifs is 2. The molecule has 3 heterocycles. The normalized spacial score (nSPS) is 17.8. The molecule has 0 radical (unpaired) electrons. The minimum absolute atomic E-state index is 0.0240. The molecule has 5 rings (SSSR count). The Morgan fingerprint density at radius 1 is 1.16 bits per heavy atom. The molecule has 0 spiro atoms. The third kappa shape index (κ3) is 5.36. The van der Waals surface area contributed by atoms with E-state index in [-0.39, 0.29) is 41.0 Å². The number of carbonyl (C=O) groups is 2. The lowest BCUT2D eigenvalue weighted by atomic mass is 9.81. The number of pyridine rings is 1. The number of carbonyl (C=O) groups excluding carboxylic acids is 2. The first-order valence-electron chi connectivity index (χ1n) is 13.2. The van der Waals surface area contributed by atoms with Crippen molar-refractivity contribution in [2.75, 3.05) is 13.2 Å². The molecule has 0 bridgehead atoms. The van der Waals surface area contributed by atoms with E-state index in [1.807, 2.05) is 13.8 Å². The van der Waals surface area contributed by atoms with Crippen LogP contribution in [0.4, 0.5) is 17.6 Å². The molecule has 0 fully saturated rings. The number of alkyl halides is 3. The minimum Gasteiger partial charge on any atom is -0.491 e. The average molecular weight is 601 g/mol. The summed E-state index contributed by atoms with van der Waals surface area (Å²) in [5.41, 5.74) is -0.158. The van der Waals surface area contributed by atoms with Crippen LogP contribution in [0.3, 0.4) is 0 Å². The minimum atomic E-state index is -5.34. The quantitative estimate of drug-likeness (QED) is 0.220. The van der Waals surface area contributed by atoms with Crippen molar-refractivity contribution in [1.29, 1.82) is 0 Å². The molecule has 0 aliphatic carbocycles. The number of aromatic amines is 1. The number of hydrogen-bond acceptors (Lipinski definition) is 6. The summed E-state index contributed by atoms with van der Waals surface area (Å²) in [6.45, 7) is 3.47. The van der Waals surface area contributed by atoms with Crippen LogP contribution >= 0.6 is 0 Å². The molecular formula is C30H28F4N4O5. The second-order valence-corrected chi connectivity index (χ2v) is 10.9. The fourth-order valence-electron chi connectivity index (χ4n) is 4.82. The first-order chi connectivity index (χ1) is 20.1. The molecule has 2 amide bonds. The number of benzene rings is 2. The first-order valence-corrected chi connectivity index (χ1v) is 13.2. The predicted molar refractivity (Wildman–Crippen MR) is 148 cm³/mol. The summed E-state index contributed by atoms with van der Waals surface area (Å²) < 4.78 is 68.8. The number of nitrogens with one attached hydrogen (secondary N) is 2. The van der Waals surface area contributed by atoms with Gasteiger partial charge in [-0.1, -0.05) is 0 Å². The molecule has 0 saturated heterocycles. The van der Waals surface area contributed by atoms with E-state index in [4.69, 9.17) is 15.2 Å². The van der Waals surface area contributed by atoms with Gasteiger partial charge in [0.1, 0.15) is 40.7 Å². The van der Waals surface area contributed by atoms with Crippen LogP contribution in [0.15, 0.2) is 54.6 Å². The molecule has 2 aromatic carbocycles. The molecule has 226 valence electrons. The SMILES string of the molecule is CC(C)Oc1ccc2cc(C(=O)NC[C@](O)(c3cc4c(c(-c5ccc(F)cc5)n3)OC[C@]4(C)C(N)=O)C(F)(F)F)[nH]c2c1. The highest BCUT2D eigenvalue weighted by atomic mass is 19.4. The summed E-state index contributed by atoms with van der Waals surface area (Å²) in [4.78, 5) is 32.3. The number of nitrogens with zero attached hydrogens (tertiary/aromatic N) is 1. The number of aliphatic hydroxyl groups is 1. The van der Waals surface area contributed by atoms with Crippen LogP contribution in [0.25, 0.3) is 22.2 Å². The monoisotopic (exact) mass is 600 g/mol. The van der Waals surface area contributed by atoms with E-state index >= 15 is 0 Å². The summed E-state index contributed by atoms with van der Waals surface area (Å²) in [7, 11) is 0. The third-order valence-corrected chi connectivity index (χ3v) is 7.34. The van der Waals surface area contributed by atoms with Crippen LogP contribution in [0, 0.1) is 5.82 Å². The van der Waals surface area contributed by atoms with Gasteiger partial charge in [-0.05, 0) is 69.3 Å². The van der Waals surface area contributed by atoms with Crippen LogP contribution in [-0.2, 0) is 15.8 Å². The van der Waals surface area contributed by atoms with Crippen LogP contribution in [-0.4, -0.2) is 52.3 Å². The summed E-state index contributed by atoms with van der Waals surface area (Å²) in [6, 6.07) is 12.1. The van der Waals surface area contributed by atoms with Crippen molar-refractivity contribution in [1.82, 2.24) is 15.3 Å². The molecule has 43 heavy (non-hydrogen) atoms. The standard InChI is InChI=1S/C30H28F4N4O5/c1-15(2)43-19-9-6-17-10-22(37-21(17)11-19)26(39)36-13-29(41,30(32,33)34)23-12-20-25(42-14-28(20,3)27(35)40)24(38-23)16-4-7-18(31)8-5-16/h4-12,15,37,41H,13-14H2,1-3H3,(H2,35,40)(H,36,39)/t28-,29-/m0/s1. The van der Waals surface area contributed by atoms with E-state index in [0.717, 1.165) is 18.2 Å². The highest BCUT2D eigenvalue weighted by Crippen LogP contribution is 2.47. The van der Waals surface area contributed by atoms with E-state index in [1.54, 1.807) is 18.2 Å². The van der Waals surface area contributed by atoms with E-state index in [0.29, 0.717) is 16.7 Å². The van der Waals surface area contributed by atoms with Crippen molar-refractivity contribution >= 4 is 22.7 Å². The third-order valence-electron chi connectivity index (χ3n) is 7.34. The van der Waals surface area contributed by atoms with Crippen molar-refractivity contribution in [2.45, 2.75) is 44.1 Å². The first kappa shape index (κ1) is 29.8. The smallest absolute Gasteiger partial charge is 0.424 e. The van der Waals surface area contributed by atoms with Gasteiger partial charge in [0.2, 0.25) is 11.5 Å². The van der Waals surface area contributed by atoms with Gasteiger partial charge in [-0.2, -0.15) is 13.2 Å². The Morgan fingerprint density at radius 2 is 1.86 bits per heavy atom. The lowest BCUT2D eigenvalue weighted by Crippen LogP contribution is -2.52. The van der Waals surface area contributed by atoms with E-state index < -0.39 is 47.1 Å². The highest BCUT2D eigenvalue weighted by Gasteiger charge is 2.57. The molecule has 4 aromatic rings. The molecule has 0 unspecified atom stereocenters. The molecule has 0 saturated carbocycles. The van der Waals surface area contributed by atoms with Crippen molar-refractivity contribution in [3.8, 4) is 22.8 Å². The van der Waals surface area contributed by atoms with Crippen LogP contribution < -0.4 is 20.5 Å². The number of primary amides is 1. The van der Waals surface area contributed by atoms with Crippen molar-refractivity contribution in [2.24, 2.45) is 5.73 Å². The zero-order valence-electron chi connectivity index (χ0n) is 23.3. The maximum Gasteiger partial charge on any atom is 0.424 e. The van der Waals surface area contributed by atoms with Gasteiger partial charge in [0.15, 0.2) is 0 Å². The van der Waals surface area contributed by atoms with Crippen molar-refractivity contribution in [3.05, 3.63) is 77.4 Å². The number of nitrogens with two attached hydrogens (primary N) is 1. The predicted octanol–water partition coefficient (Wildman–Crippen LogP) is 4.47. The number of rotatable bonds is 8. The zero-order valence-corrected chi connectivity index (χ0v) is 23.3. The maximum atomic E-state index is 14.6. The highest BCUT2D eigenvalue weighted by molar-refractivity contribution is 5.98. The lowest BCUT2D eigenvalue weighted by Gasteiger charge is -2.31. The topological polar surface area (TPSA) is 140 Å². The van der Waals surface area contributed by atoms with E-state index in [2.05, 4.69) is 15.3 Å². The number of H-pyrrole nitrogens is 1. The Labute approximate surface area is 243 Å². The summed E-state index contributed by atoms with van der Waals surface area (Å²) in [5.74, 6) is -1.89. The summed E-state index contributed by atoms with van der Waals surface area (Å²) >= 11 is 0. The van der Waals surface area contributed by atoms with Gasteiger partial charge < -0.3 is 30.6 Å². The van der Waals surface area contributed by atoms with E-state index in [1.165, 1.54) is 25.1 Å². The number of hydrogen-bond donors (Lipinski definition) is 4. The van der Waals surface area contributed by atoms with Gasteiger partial charge >= 0.3 is 6.18 Å². The van der Waals surface area contributed by atoms with E-state index in [9.17, 15) is 32.3 Å². The second kappa shape index (κ2) is 10.6. The fraction of sp³-hybridized carbons (Fsp3) is 0.300. The second-order valence-electron chi connectivity index (χ2n) is 10.9. The Hall–Kier alpha value is -4.65. The Bertz CT molecular complexity index is 1720. The summed E-state index contributed by atoms with van der Waals surface area (Å²) in [6.07, 6.45) is -5.44. The van der Waals surface area contributed by atoms with Crippen LogP contribution in [0.5, 0.6) is 11.5 Å². The van der Waals surface area contributed by atoms with Gasteiger partial charge in [0.05, 0.1) is 18.3 Å². The number of amides is 2. The molecule has 13 heteroatoms. The van der Waals surface area contributed by atoms with Gasteiger partial charge in [0, 0.05) is 28.1 Å². The number of ether oxygens (including phenoxy) is 2. The fourth-order valence-corrected chi connectivity index (χ4v) is 4.82. The maximum absolute atomic E-state index is 14.6.